The lowest BCUT2D eigenvalue weighted by molar-refractivity contribution is 1.10. The van der Waals surface area contributed by atoms with E-state index in [4.69, 9.17) is 29.9 Å². The minimum absolute atomic E-state index is 0.722. The quantitative estimate of drug-likeness (QED) is 0.135. The molecule has 9 heteroatoms. The number of rotatable bonds is 10. The fourth-order valence-corrected chi connectivity index (χ4v) is 24.6. The number of hydrogen-bond donors (Lipinski definition) is 0. The molecule has 3 aliphatic carbocycles. The second kappa shape index (κ2) is 33.3. The highest BCUT2D eigenvalue weighted by Gasteiger charge is 2.32. The lowest BCUT2D eigenvalue weighted by atomic mass is 9.93. The summed E-state index contributed by atoms with van der Waals surface area (Å²) in [6.07, 6.45) is 2.04. The summed E-state index contributed by atoms with van der Waals surface area (Å²) in [5.41, 5.74) is 38.8. The average Bonchev–Trinajstić information content (AvgIpc) is 1.54. The van der Waals surface area contributed by atoms with Gasteiger partial charge in [-0.1, -0.05) is 413 Å². The molecular formula is C140H83N9. The third-order valence-corrected chi connectivity index (χ3v) is 31.2. The van der Waals surface area contributed by atoms with Crippen molar-refractivity contribution >= 4 is 152 Å². The molecule has 688 valence electrons. The molecule has 7 aromatic heterocycles. The number of pyridine rings is 2. The highest BCUT2D eigenvalue weighted by atomic mass is 15.1. The van der Waals surface area contributed by atoms with Crippen LogP contribution in [0.3, 0.4) is 0 Å². The zero-order chi connectivity index (χ0) is 97.6. The molecule has 23 aromatic carbocycles. The number of nitrogens with zero attached hydrogens (tertiary/aromatic N) is 9. The van der Waals surface area contributed by atoms with Crippen LogP contribution < -0.4 is 0 Å². The van der Waals surface area contributed by atoms with Crippen molar-refractivity contribution in [2.24, 2.45) is 0 Å². The van der Waals surface area contributed by atoms with Crippen molar-refractivity contribution in [3.63, 3.8) is 0 Å². The predicted molar refractivity (Wildman–Crippen MR) is 621 cm³/mol. The SMILES string of the molecule is c1ccc(-c2cc3ccccc3c(-c3cnc(-n4c5cccc6c5c5c7c(cccc7ccc54)-c4ccccc4-6)c4ccccc34)n2)cc1.c1ccc(-c2ccc(-c3nc(-c4ccccc4)nc4ccc(-n5c6cccc7c6c6c8c(cccc8ccc65)-c5ccccc5-7)cc34)cc2)cc1.c1ccc(-c2nc(-c3ccc4ccccc4c3)c3cc(-n4c5cccc6c5c5c7c(cccc7ccc54)-c4ccccc4-6)ccc3n2)cc1. The summed E-state index contributed by atoms with van der Waals surface area (Å²) in [4.78, 5) is 31.5. The van der Waals surface area contributed by atoms with E-state index in [2.05, 4.69) is 469 Å². The van der Waals surface area contributed by atoms with Gasteiger partial charge in [0.1, 0.15) is 5.82 Å². The molecule has 3 aliphatic rings. The van der Waals surface area contributed by atoms with Gasteiger partial charge in [-0.3, -0.25) is 4.57 Å². The molecule has 7 heterocycles. The van der Waals surface area contributed by atoms with E-state index in [9.17, 15) is 0 Å². The van der Waals surface area contributed by atoms with Gasteiger partial charge in [0.05, 0.1) is 66.9 Å². The fraction of sp³-hybridized carbons (Fsp3) is 0. The van der Waals surface area contributed by atoms with Gasteiger partial charge in [0, 0.05) is 105 Å². The summed E-state index contributed by atoms with van der Waals surface area (Å²) >= 11 is 0. The van der Waals surface area contributed by atoms with Crippen molar-refractivity contribution in [1.29, 1.82) is 0 Å². The maximum absolute atomic E-state index is 5.35. The van der Waals surface area contributed by atoms with Crippen LogP contribution in [-0.4, -0.2) is 43.6 Å². The first-order valence-corrected chi connectivity index (χ1v) is 50.9. The number of benzene rings is 23. The van der Waals surface area contributed by atoms with E-state index < -0.39 is 0 Å². The Morgan fingerprint density at radius 2 is 0.490 bits per heavy atom. The smallest absolute Gasteiger partial charge is 0.160 e. The molecule has 30 aromatic rings. The van der Waals surface area contributed by atoms with Crippen LogP contribution in [0.2, 0.25) is 0 Å². The van der Waals surface area contributed by atoms with Gasteiger partial charge in [-0.15, -0.1) is 0 Å². The Labute approximate surface area is 855 Å². The lowest BCUT2D eigenvalue weighted by Gasteiger charge is -2.16. The zero-order valence-electron chi connectivity index (χ0n) is 80.4. The van der Waals surface area contributed by atoms with Gasteiger partial charge in [0.2, 0.25) is 0 Å². The van der Waals surface area contributed by atoms with Crippen LogP contribution in [0.1, 0.15) is 0 Å². The summed E-state index contributed by atoms with van der Waals surface area (Å²) in [6.45, 7) is 0. The van der Waals surface area contributed by atoms with Crippen LogP contribution in [0, 0.1) is 0 Å². The van der Waals surface area contributed by atoms with Gasteiger partial charge in [-0.25, -0.2) is 29.9 Å². The van der Waals surface area contributed by atoms with E-state index in [0.717, 1.165) is 139 Å². The maximum Gasteiger partial charge on any atom is 0.160 e. The number of hydrogen-bond acceptors (Lipinski definition) is 6. The van der Waals surface area contributed by atoms with Gasteiger partial charge in [-0.2, -0.15) is 0 Å². The molecule has 0 atom stereocenters. The molecule has 0 spiro atoms. The standard InChI is InChI=1S/C48H29N3.2C46H27N3/c1-3-11-30(12-4-1)31-21-23-33(24-22-31)47-40-29-35(26-27-41(40)49-48(50-47)34-13-5-2-6-14-34)51-42-20-10-19-39-37-17-8-7-16-36(37)38-18-9-15-32-25-28-43(51)46(44(32)38)45(39)42;1-2-11-30(12-3-1)46-47-39-24-23-33(27-38(39)45(48-46)32-21-20-28-10-4-5-13-31(28)26-32)49-40-19-9-18-37-35-16-7-6-15-34(35)36-17-8-14-29-22-25-41(49)44(42(29)36)43(37)40;1-2-12-28(13-3-1)39-26-30-14-4-5-16-31(30)45(48-39)38-27-47-46(37-20-9-8-19-34(37)38)49-40-23-11-22-36-33-18-7-6-17-32(33)35-21-10-15-29-24-25-41(49)44(42(29)35)43(36)40/h1-29H;2*1-27H. The van der Waals surface area contributed by atoms with E-state index in [1.165, 1.54) is 175 Å². The van der Waals surface area contributed by atoms with E-state index in [1.54, 1.807) is 0 Å². The summed E-state index contributed by atoms with van der Waals surface area (Å²) in [5, 5.41) is 24.4. The topological polar surface area (TPSA) is 92.1 Å². The van der Waals surface area contributed by atoms with Crippen LogP contribution in [0.5, 0.6) is 0 Å². The molecule has 0 unspecified atom stereocenters. The summed E-state index contributed by atoms with van der Waals surface area (Å²) in [6, 6.07) is 179. The summed E-state index contributed by atoms with van der Waals surface area (Å²) < 4.78 is 7.26. The first kappa shape index (κ1) is 83.6. The van der Waals surface area contributed by atoms with Gasteiger partial charge in [0.15, 0.2) is 11.6 Å². The van der Waals surface area contributed by atoms with E-state index in [1.807, 2.05) is 48.7 Å². The van der Waals surface area contributed by atoms with Crippen LogP contribution in [0.25, 0.3) is 315 Å². The van der Waals surface area contributed by atoms with Crippen molar-refractivity contribution in [2.45, 2.75) is 0 Å². The minimum Gasteiger partial charge on any atom is -0.309 e. The molecule has 33 rings (SSSR count). The Hall–Kier alpha value is -20.0. The Kier molecular flexibility index (Phi) is 18.7. The Morgan fingerprint density at radius 1 is 0.154 bits per heavy atom. The first-order valence-electron chi connectivity index (χ1n) is 50.9. The van der Waals surface area contributed by atoms with Gasteiger partial charge in [0.25, 0.3) is 0 Å². The van der Waals surface area contributed by atoms with Crippen LogP contribution in [-0.2, 0) is 0 Å². The Balaban J connectivity index is 0.000000101. The average molecular weight is 1890 g/mol. The Bertz CT molecular complexity index is 10900. The van der Waals surface area contributed by atoms with Gasteiger partial charge < -0.3 is 9.13 Å². The molecule has 0 saturated carbocycles. The molecule has 0 bridgehead atoms. The molecule has 9 nitrogen and oxygen atoms in total. The molecule has 0 saturated heterocycles. The number of aromatic nitrogens is 9. The normalized spacial score (nSPS) is 12.0. The molecule has 0 aliphatic heterocycles. The minimum atomic E-state index is 0.722. The molecule has 0 fully saturated rings. The second-order valence-corrected chi connectivity index (χ2v) is 39.2. The predicted octanol–water partition coefficient (Wildman–Crippen LogP) is 36.6. The number of fused-ring (bicyclic) bond motifs is 14. The summed E-state index contributed by atoms with van der Waals surface area (Å²) in [5.74, 6) is 2.37. The molecule has 0 N–H and O–H groups in total. The van der Waals surface area contributed by atoms with Crippen molar-refractivity contribution in [3.8, 4) is 163 Å². The van der Waals surface area contributed by atoms with Crippen molar-refractivity contribution in [2.75, 3.05) is 0 Å². The van der Waals surface area contributed by atoms with Crippen molar-refractivity contribution in [3.05, 3.63) is 504 Å². The fourth-order valence-electron chi connectivity index (χ4n) is 24.6. The lowest BCUT2D eigenvalue weighted by Crippen LogP contribution is -2.01. The van der Waals surface area contributed by atoms with Crippen molar-refractivity contribution < 1.29 is 0 Å². The molecular weight excluding hydrogens is 1810 g/mol. The monoisotopic (exact) mass is 1890 g/mol. The van der Waals surface area contributed by atoms with Crippen molar-refractivity contribution in [1.82, 2.24) is 43.6 Å². The third-order valence-electron chi connectivity index (χ3n) is 31.2. The largest absolute Gasteiger partial charge is 0.309 e. The molecule has 0 amide bonds. The van der Waals surface area contributed by atoms with E-state index in [-0.39, 0.29) is 0 Å². The van der Waals surface area contributed by atoms with Crippen LogP contribution >= 0.6 is 0 Å². The molecule has 0 radical (unpaired) electrons. The first-order chi connectivity index (χ1) is 73.9. The Morgan fingerprint density at radius 3 is 0.966 bits per heavy atom. The van der Waals surface area contributed by atoms with Gasteiger partial charge >= 0.3 is 0 Å². The highest BCUT2D eigenvalue weighted by Crippen LogP contribution is 2.56. The molecule has 149 heavy (non-hydrogen) atoms. The van der Waals surface area contributed by atoms with E-state index in [0.29, 0.717) is 0 Å². The zero-order valence-corrected chi connectivity index (χ0v) is 80.4. The maximum atomic E-state index is 5.35. The van der Waals surface area contributed by atoms with E-state index >= 15 is 0 Å². The highest BCUT2D eigenvalue weighted by molar-refractivity contribution is 6.34. The summed E-state index contributed by atoms with van der Waals surface area (Å²) in [7, 11) is 0. The van der Waals surface area contributed by atoms with Gasteiger partial charge in [-0.05, 0) is 217 Å². The third kappa shape index (κ3) is 13.0. The van der Waals surface area contributed by atoms with Crippen LogP contribution in [0.15, 0.2) is 504 Å². The second-order valence-electron chi connectivity index (χ2n) is 39.2. The van der Waals surface area contributed by atoms with Crippen LogP contribution in [0.4, 0.5) is 0 Å².